The van der Waals surface area contributed by atoms with E-state index < -0.39 is 8.25 Å². The molecule has 0 aliphatic rings. The molecule has 0 N–H and O–H groups in total. The molecule has 0 aromatic rings. The summed E-state index contributed by atoms with van der Waals surface area (Å²) < 4.78 is 8.48. The van der Waals surface area contributed by atoms with Crippen LogP contribution in [0, 0.1) is 60.1 Å². The van der Waals surface area contributed by atoms with Crippen LogP contribution in [0.1, 0.15) is 72.6 Å². The second kappa shape index (κ2) is 27.7. The van der Waals surface area contributed by atoms with Crippen LogP contribution >= 0.6 is 8.25 Å². The Kier molecular flexibility index (Phi) is 41.5. The zero-order valence-electron chi connectivity index (χ0n) is 13.0. The molecule has 19 heavy (non-hydrogen) atoms. The number of hydrogen-bond acceptors (Lipinski definition) is 3. The van der Waals surface area contributed by atoms with Crippen LogP contribution in [0.15, 0.2) is 0 Å². The largest absolute Gasteiger partial charge is 0.598 e. The van der Waals surface area contributed by atoms with E-state index >= 15 is 0 Å². The van der Waals surface area contributed by atoms with Gasteiger partial charge in [0.1, 0.15) is 0 Å². The quantitative estimate of drug-likeness (QED) is 0.357. The van der Waals surface area contributed by atoms with Gasteiger partial charge < -0.3 is 23.1 Å². The van der Waals surface area contributed by atoms with Gasteiger partial charge in [-0.05, 0) is 0 Å². The molecule has 0 aliphatic carbocycles. The molecule has 0 heterocycles. The van der Waals surface area contributed by atoms with Crippen molar-refractivity contribution in [1.82, 2.24) is 0 Å². The van der Waals surface area contributed by atoms with Gasteiger partial charge in [-0.15, -0.1) is 0 Å². The van der Waals surface area contributed by atoms with Gasteiger partial charge in [0.05, 0.1) is 0 Å². The summed E-state index contributed by atoms with van der Waals surface area (Å²) in [5.41, 5.74) is 0. The van der Waals surface area contributed by atoms with Gasteiger partial charge in [-0.25, -0.2) is 0 Å². The van der Waals surface area contributed by atoms with Crippen molar-refractivity contribution < 1.29 is 55.2 Å². The van der Waals surface area contributed by atoms with Crippen molar-refractivity contribution in [1.29, 1.82) is 0 Å². The summed E-state index contributed by atoms with van der Waals surface area (Å²) >= 11 is 0. The van der Waals surface area contributed by atoms with Gasteiger partial charge >= 0.3 is 0 Å². The molecule has 0 saturated heterocycles. The van der Waals surface area contributed by atoms with Crippen LogP contribution in [0.3, 0.4) is 0 Å². The van der Waals surface area contributed by atoms with E-state index in [0.717, 1.165) is 0 Å². The molecule has 1 unspecified atom stereocenters. The number of rotatable bonds is 7. The Labute approximate surface area is 154 Å². The van der Waals surface area contributed by atoms with Gasteiger partial charge in [0.25, 0.3) is 8.25 Å². The molecular weight excluding hydrogens is 391 g/mol. The van der Waals surface area contributed by atoms with Crippen molar-refractivity contribution in [3.05, 3.63) is 13.3 Å². The van der Waals surface area contributed by atoms with E-state index in [0.29, 0.717) is 5.92 Å². The van der Waals surface area contributed by atoms with Crippen LogP contribution < -0.4 is 9.79 Å². The molecule has 0 aromatic carbocycles. The minimum Gasteiger partial charge on any atom is -0.598 e. The molecule has 0 radical (unpaired) electrons. The van der Waals surface area contributed by atoms with Gasteiger partial charge in [-0.2, -0.15) is 19.3 Å². The van der Waals surface area contributed by atoms with Crippen LogP contribution in [-0.2, 0) is 4.57 Å². The third-order valence-electron chi connectivity index (χ3n) is 2.39. The second-order valence-corrected chi connectivity index (χ2v) is 4.64. The molecule has 0 saturated carbocycles. The molecule has 5 heteroatoms. The normalized spacial score (nSPS) is 10.1. The zero-order chi connectivity index (χ0) is 14.8. The third-order valence-corrected chi connectivity index (χ3v) is 2.39. The second-order valence-electron chi connectivity index (χ2n) is 4.19. The predicted octanol–water partition coefficient (Wildman–Crippen LogP) is 3.80. The summed E-state index contributed by atoms with van der Waals surface area (Å²) in [6, 6.07) is 0. The van der Waals surface area contributed by atoms with E-state index in [-0.39, 0.29) is 40.8 Å². The van der Waals surface area contributed by atoms with Gasteiger partial charge in [-0.3, -0.25) is 0 Å². The Balaban J connectivity index is -0.0000000916. The molecule has 0 spiro atoms. The monoisotopic (exact) mass is 419 g/mol. The SMILES string of the molecule is C[CH-]CCCC.O=[P+]([O-])[O-].[CH2-]C(CC)CCCC.[Nd]. The molecular formula is C14H30NdO3P-3. The first-order chi connectivity index (χ1) is 8.45. The van der Waals surface area contributed by atoms with Crippen molar-refractivity contribution in [2.24, 2.45) is 5.92 Å². The maximum atomic E-state index is 8.48. The maximum Gasteiger partial charge on any atom is 0.276 e. The van der Waals surface area contributed by atoms with E-state index in [9.17, 15) is 0 Å². The Hall–Kier alpha value is 1.37. The Morgan fingerprint density at radius 2 is 1.58 bits per heavy atom. The van der Waals surface area contributed by atoms with Gasteiger partial charge in [0.15, 0.2) is 0 Å². The average Bonchev–Trinajstić information content (AvgIpc) is 2.33. The first kappa shape index (κ1) is 28.5. The van der Waals surface area contributed by atoms with E-state index in [2.05, 4.69) is 41.0 Å². The minimum absolute atomic E-state index is 0. The predicted molar refractivity (Wildman–Crippen MR) is 75.8 cm³/mol. The van der Waals surface area contributed by atoms with Crippen molar-refractivity contribution in [3.8, 4) is 0 Å². The van der Waals surface area contributed by atoms with E-state index in [4.69, 9.17) is 14.4 Å². The number of hydrogen-bond donors (Lipinski definition) is 0. The van der Waals surface area contributed by atoms with E-state index in [1.165, 1.54) is 44.9 Å². The smallest absolute Gasteiger partial charge is 0.276 e. The molecule has 0 aliphatic heterocycles. The Morgan fingerprint density at radius 1 is 1.16 bits per heavy atom. The van der Waals surface area contributed by atoms with Crippen LogP contribution in [0.5, 0.6) is 0 Å². The molecule has 0 rings (SSSR count). The summed E-state index contributed by atoms with van der Waals surface area (Å²) in [6.45, 7) is 12.7. The van der Waals surface area contributed by atoms with Crippen molar-refractivity contribution >= 4 is 8.25 Å². The van der Waals surface area contributed by atoms with E-state index in [1.807, 2.05) is 0 Å². The summed E-state index contributed by atoms with van der Waals surface area (Å²) in [4.78, 5) is 17.0. The fourth-order valence-electron chi connectivity index (χ4n) is 1.11. The molecule has 116 valence electrons. The molecule has 0 aromatic heterocycles. The Morgan fingerprint density at radius 3 is 1.79 bits per heavy atom. The van der Waals surface area contributed by atoms with Gasteiger partial charge in [-0.1, -0.05) is 63.9 Å². The molecule has 1 atom stereocenters. The first-order valence-corrected chi connectivity index (χ1v) is 7.97. The van der Waals surface area contributed by atoms with Crippen LogP contribution in [-0.4, -0.2) is 0 Å². The fraction of sp³-hybridized carbons (Fsp3) is 0.857. The summed E-state index contributed by atoms with van der Waals surface area (Å²) in [7, 11) is -3.37. The van der Waals surface area contributed by atoms with Crippen molar-refractivity contribution in [2.75, 3.05) is 0 Å². The van der Waals surface area contributed by atoms with Crippen LogP contribution in [0.2, 0.25) is 0 Å². The number of unbranched alkanes of at least 4 members (excludes halogenated alkanes) is 4. The molecule has 0 amide bonds. The molecule has 3 nitrogen and oxygen atoms in total. The third kappa shape index (κ3) is 54.3. The summed E-state index contributed by atoms with van der Waals surface area (Å²) in [5, 5.41) is 0. The molecule has 0 bridgehead atoms. The van der Waals surface area contributed by atoms with Crippen molar-refractivity contribution in [2.45, 2.75) is 72.6 Å². The summed E-state index contributed by atoms with van der Waals surface area (Å²) in [6.07, 6.45) is 11.4. The average molecular weight is 422 g/mol. The Bertz CT molecular complexity index is 150. The van der Waals surface area contributed by atoms with Gasteiger partial charge in [0, 0.05) is 40.8 Å². The summed E-state index contributed by atoms with van der Waals surface area (Å²) in [5.74, 6) is 0.704. The topological polar surface area (TPSA) is 63.2 Å². The van der Waals surface area contributed by atoms with Crippen LogP contribution in [0.25, 0.3) is 0 Å². The standard InChI is InChI=1S/C8H17.C6H13.Nd.HO3P/c1-4-6-7-8(3)5-2;1-3-5-6-4-2;;1-4(2)3/h8H,3-7H2,1-2H3;3H,4-6H2,1-2H3;;(H,1,2,3)/q2*-1;;/p-1. The van der Waals surface area contributed by atoms with Gasteiger partial charge in [0.2, 0.25) is 0 Å². The van der Waals surface area contributed by atoms with Crippen molar-refractivity contribution in [3.63, 3.8) is 0 Å². The minimum atomic E-state index is -3.37. The fourth-order valence-corrected chi connectivity index (χ4v) is 1.11. The maximum absolute atomic E-state index is 8.48. The first-order valence-electron chi connectivity index (χ1n) is 6.88. The zero-order valence-corrected chi connectivity index (χ0v) is 17.1. The molecule has 0 fully saturated rings. The van der Waals surface area contributed by atoms with E-state index in [1.54, 1.807) is 0 Å². The van der Waals surface area contributed by atoms with Crippen LogP contribution in [0.4, 0.5) is 0 Å².